The summed E-state index contributed by atoms with van der Waals surface area (Å²) in [6.45, 7) is 1.25. The normalized spacial score (nSPS) is 24.2. The van der Waals surface area contributed by atoms with Gasteiger partial charge in [0.05, 0.1) is 25.1 Å². The fourth-order valence-electron chi connectivity index (χ4n) is 4.53. The van der Waals surface area contributed by atoms with Crippen LogP contribution >= 0.6 is 11.6 Å². The number of aliphatic hydroxyl groups is 3. The third kappa shape index (κ3) is 6.29. The van der Waals surface area contributed by atoms with Crippen molar-refractivity contribution in [1.82, 2.24) is 15.0 Å². The molecule has 3 N–H and O–H groups in total. The molecule has 216 valence electrons. The summed E-state index contributed by atoms with van der Waals surface area (Å²) in [6, 6.07) is 7.17. The first-order valence-corrected chi connectivity index (χ1v) is 12.7. The minimum absolute atomic E-state index is 0.0495. The number of oxime groups is 1. The molecule has 40 heavy (non-hydrogen) atoms. The molecular weight excluding hydrogens is 557 g/mol. The van der Waals surface area contributed by atoms with Crippen LogP contribution in [-0.2, 0) is 20.9 Å². The number of aliphatic hydroxyl groups excluding tert-OH is 3. The van der Waals surface area contributed by atoms with Crippen LogP contribution in [0.4, 0.5) is 13.2 Å². The summed E-state index contributed by atoms with van der Waals surface area (Å²) in [5.74, 6) is -4.46. The van der Waals surface area contributed by atoms with Gasteiger partial charge in [-0.15, -0.1) is 5.10 Å². The van der Waals surface area contributed by atoms with Crippen molar-refractivity contribution in [2.75, 3.05) is 13.7 Å². The Bertz CT molecular complexity index is 1310. The molecule has 14 heteroatoms. The third-order valence-corrected chi connectivity index (χ3v) is 6.82. The zero-order valence-electron chi connectivity index (χ0n) is 21.5. The second-order valence-electron chi connectivity index (χ2n) is 9.11. The molecule has 1 aliphatic rings. The number of rotatable bonds is 10. The van der Waals surface area contributed by atoms with Gasteiger partial charge in [-0.25, -0.2) is 17.9 Å². The zero-order chi connectivity index (χ0) is 29.0. The van der Waals surface area contributed by atoms with Gasteiger partial charge in [-0.05, 0) is 36.2 Å². The van der Waals surface area contributed by atoms with E-state index in [1.165, 1.54) is 13.3 Å². The maximum absolute atomic E-state index is 13.8. The first-order chi connectivity index (χ1) is 19.2. The average Bonchev–Trinajstić information content (AvgIpc) is 3.42. The Balaban J connectivity index is 1.67. The van der Waals surface area contributed by atoms with Gasteiger partial charge >= 0.3 is 0 Å². The van der Waals surface area contributed by atoms with E-state index in [2.05, 4.69) is 15.5 Å². The minimum atomic E-state index is -1.63. The Labute approximate surface area is 232 Å². The van der Waals surface area contributed by atoms with Crippen molar-refractivity contribution in [3.05, 3.63) is 70.6 Å². The van der Waals surface area contributed by atoms with Gasteiger partial charge in [-0.2, -0.15) is 0 Å². The van der Waals surface area contributed by atoms with E-state index >= 15 is 0 Å². The lowest BCUT2D eigenvalue weighted by Gasteiger charge is -2.44. The molecule has 2 unspecified atom stereocenters. The van der Waals surface area contributed by atoms with Crippen LogP contribution in [0.5, 0.6) is 0 Å². The second-order valence-corrected chi connectivity index (χ2v) is 9.54. The highest BCUT2D eigenvalue weighted by Crippen LogP contribution is 2.34. The SMILES string of the molecule is CC/C(=N\OC)[C@@H](OCc1ccc(Cl)cc1)[C@@H]1OC(CO)[C@H](O)[C@H](n2cc(-c3cc(F)c(F)c(F)c3)nn2)C1O. The lowest BCUT2D eigenvalue weighted by molar-refractivity contribution is -0.227. The van der Waals surface area contributed by atoms with E-state index in [9.17, 15) is 28.5 Å². The zero-order valence-corrected chi connectivity index (χ0v) is 22.2. The van der Waals surface area contributed by atoms with Crippen LogP contribution in [0.2, 0.25) is 5.02 Å². The van der Waals surface area contributed by atoms with Crippen LogP contribution in [0, 0.1) is 17.5 Å². The van der Waals surface area contributed by atoms with Gasteiger partial charge in [0, 0.05) is 10.6 Å². The fraction of sp³-hybridized carbons (Fsp3) is 0.423. The summed E-state index contributed by atoms with van der Waals surface area (Å²) in [7, 11) is 1.35. The van der Waals surface area contributed by atoms with Gasteiger partial charge in [-0.1, -0.05) is 41.0 Å². The smallest absolute Gasteiger partial charge is 0.194 e. The lowest BCUT2D eigenvalue weighted by Crippen LogP contribution is -2.60. The standard InChI is InChI=1S/C26H28ClF3N4O6/c1-3-18(32-38-2)25(39-12-13-4-6-15(27)7-5-13)26-24(37)22(23(36)20(11-35)40-26)34-10-19(31-33-34)14-8-16(28)21(30)17(29)9-14/h4-10,20,22-26,35-37H,3,11-12H2,1-2H3/b32-18+/t20?,22-,23-,24?,25+,26+/m0/s1. The summed E-state index contributed by atoms with van der Waals surface area (Å²) >= 11 is 5.97. The molecule has 1 aliphatic heterocycles. The summed E-state index contributed by atoms with van der Waals surface area (Å²) in [6.07, 6.45) is -4.77. The van der Waals surface area contributed by atoms with Gasteiger partial charge in [0.15, 0.2) is 17.5 Å². The van der Waals surface area contributed by atoms with E-state index in [1.807, 2.05) is 0 Å². The van der Waals surface area contributed by atoms with E-state index in [0.717, 1.165) is 22.4 Å². The van der Waals surface area contributed by atoms with Crippen molar-refractivity contribution in [1.29, 1.82) is 0 Å². The van der Waals surface area contributed by atoms with Crippen LogP contribution in [-0.4, -0.2) is 80.3 Å². The van der Waals surface area contributed by atoms with E-state index in [0.29, 0.717) is 17.2 Å². The summed E-state index contributed by atoms with van der Waals surface area (Å²) < 4.78 is 54.2. The molecule has 2 heterocycles. The number of hydrogen-bond donors (Lipinski definition) is 3. The number of ether oxygens (including phenoxy) is 2. The largest absolute Gasteiger partial charge is 0.399 e. The van der Waals surface area contributed by atoms with Crippen molar-refractivity contribution in [3.63, 3.8) is 0 Å². The second kappa shape index (κ2) is 13.1. The lowest BCUT2D eigenvalue weighted by atomic mass is 9.88. The molecule has 0 saturated carbocycles. The summed E-state index contributed by atoms with van der Waals surface area (Å²) in [4.78, 5) is 4.97. The first-order valence-electron chi connectivity index (χ1n) is 12.3. The van der Waals surface area contributed by atoms with Crippen LogP contribution in [0.15, 0.2) is 47.8 Å². The van der Waals surface area contributed by atoms with Crippen LogP contribution in [0.25, 0.3) is 11.3 Å². The Morgan fingerprint density at radius 3 is 2.42 bits per heavy atom. The fourth-order valence-corrected chi connectivity index (χ4v) is 4.66. The molecule has 0 spiro atoms. The molecule has 0 amide bonds. The van der Waals surface area contributed by atoms with E-state index < -0.39 is 60.6 Å². The topological polar surface area (TPSA) is 131 Å². The first kappa shape index (κ1) is 29.9. The summed E-state index contributed by atoms with van der Waals surface area (Å²) in [5.41, 5.74) is 0.983. The monoisotopic (exact) mass is 584 g/mol. The highest BCUT2D eigenvalue weighted by molar-refractivity contribution is 6.30. The maximum Gasteiger partial charge on any atom is 0.194 e. The van der Waals surface area contributed by atoms with Crippen molar-refractivity contribution in [2.45, 2.75) is 56.5 Å². The number of halogens is 4. The van der Waals surface area contributed by atoms with Crippen molar-refractivity contribution >= 4 is 17.3 Å². The Kier molecular flexibility index (Phi) is 9.77. The molecule has 1 saturated heterocycles. The van der Waals surface area contributed by atoms with Gasteiger partial charge in [0.2, 0.25) is 0 Å². The predicted octanol–water partition coefficient (Wildman–Crippen LogP) is 3.04. The molecule has 0 aliphatic carbocycles. The molecule has 0 bridgehead atoms. The maximum atomic E-state index is 13.8. The Hall–Kier alpha value is -3.07. The minimum Gasteiger partial charge on any atom is -0.399 e. The van der Waals surface area contributed by atoms with Crippen molar-refractivity contribution in [3.8, 4) is 11.3 Å². The molecule has 4 rings (SSSR count). The third-order valence-electron chi connectivity index (χ3n) is 6.56. The van der Waals surface area contributed by atoms with Crippen molar-refractivity contribution < 1.29 is 42.8 Å². The Morgan fingerprint density at radius 2 is 1.82 bits per heavy atom. The van der Waals surface area contributed by atoms with Crippen LogP contribution in [0.1, 0.15) is 24.9 Å². The van der Waals surface area contributed by atoms with Gasteiger partial charge < -0.3 is 29.6 Å². The molecule has 1 fully saturated rings. The quantitative estimate of drug-likeness (QED) is 0.188. The molecule has 3 aromatic rings. The number of hydrogen-bond acceptors (Lipinski definition) is 9. The molecule has 10 nitrogen and oxygen atoms in total. The number of nitrogens with zero attached hydrogens (tertiary/aromatic N) is 4. The Morgan fingerprint density at radius 1 is 1.15 bits per heavy atom. The molecular formula is C26H28ClF3N4O6. The van der Waals surface area contributed by atoms with Gasteiger partial charge in [-0.3, -0.25) is 0 Å². The summed E-state index contributed by atoms with van der Waals surface area (Å²) in [5, 5.41) is 44.8. The highest BCUT2D eigenvalue weighted by Gasteiger charge is 2.50. The van der Waals surface area contributed by atoms with Crippen molar-refractivity contribution in [2.24, 2.45) is 5.16 Å². The number of benzene rings is 2. The highest BCUT2D eigenvalue weighted by atomic mass is 35.5. The number of aromatic nitrogens is 3. The average molecular weight is 585 g/mol. The predicted molar refractivity (Wildman–Crippen MR) is 137 cm³/mol. The van der Waals surface area contributed by atoms with Gasteiger partial charge in [0.25, 0.3) is 0 Å². The van der Waals surface area contributed by atoms with Crippen LogP contribution < -0.4 is 0 Å². The molecule has 0 radical (unpaired) electrons. The van der Waals surface area contributed by atoms with Crippen LogP contribution in [0.3, 0.4) is 0 Å². The molecule has 1 aromatic heterocycles. The van der Waals surface area contributed by atoms with E-state index in [4.69, 9.17) is 25.9 Å². The van der Waals surface area contributed by atoms with E-state index in [-0.39, 0.29) is 17.9 Å². The van der Waals surface area contributed by atoms with E-state index in [1.54, 1.807) is 31.2 Å². The van der Waals surface area contributed by atoms with Gasteiger partial charge in [0.1, 0.15) is 49.4 Å². The molecule has 2 aromatic carbocycles. The molecule has 6 atom stereocenters.